The first-order chi connectivity index (χ1) is 11.0. The summed E-state index contributed by atoms with van der Waals surface area (Å²) in [7, 11) is 1.65. The second-order valence-corrected chi connectivity index (χ2v) is 5.39. The molecule has 0 radical (unpaired) electrons. The van der Waals surface area contributed by atoms with E-state index in [0.29, 0.717) is 11.3 Å². The number of carbonyl (C=O) groups excluding carboxylic acids is 1. The van der Waals surface area contributed by atoms with E-state index in [1.54, 1.807) is 44.3 Å². The summed E-state index contributed by atoms with van der Waals surface area (Å²) in [6.45, 7) is 1.92. The Hall–Kier alpha value is -2.40. The average Bonchev–Trinajstić information content (AvgIpc) is 2.58. The Morgan fingerprint density at radius 2 is 2.00 bits per heavy atom. The molecule has 122 valence electrons. The number of nitrogens with zero attached hydrogens (tertiary/aromatic N) is 1. The molecule has 0 aliphatic carbocycles. The summed E-state index contributed by atoms with van der Waals surface area (Å²) in [5, 5.41) is 9.14. The molecule has 2 aromatic carbocycles. The maximum Gasteiger partial charge on any atom is 0.253 e. The number of amides is 1. The van der Waals surface area contributed by atoms with Gasteiger partial charge < -0.3 is 14.7 Å². The monoisotopic (exact) mass is 317 g/mol. The molecular formula is C18H20FNO3. The Bertz CT molecular complexity index is 675. The molecule has 1 unspecified atom stereocenters. The maximum atomic E-state index is 13.1. The maximum absolute atomic E-state index is 13.1. The molecule has 2 aromatic rings. The highest BCUT2D eigenvalue weighted by molar-refractivity contribution is 5.94. The summed E-state index contributed by atoms with van der Waals surface area (Å²) in [5.74, 6) is -0.0852. The van der Waals surface area contributed by atoms with Crippen molar-refractivity contribution in [1.29, 1.82) is 0 Å². The fourth-order valence-corrected chi connectivity index (χ4v) is 2.04. The minimum Gasteiger partial charge on any atom is -0.489 e. The van der Waals surface area contributed by atoms with E-state index >= 15 is 0 Å². The van der Waals surface area contributed by atoms with Crippen LogP contribution in [0.2, 0.25) is 0 Å². The Kier molecular flexibility index (Phi) is 5.71. The van der Waals surface area contributed by atoms with Crippen LogP contribution in [-0.4, -0.2) is 35.6 Å². The number of likely N-dealkylation sites (N-methyl/N-ethyl adjacent to an activating group) is 1. The van der Waals surface area contributed by atoms with Crippen LogP contribution in [0.3, 0.4) is 0 Å². The summed E-state index contributed by atoms with van der Waals surface area (Å²) >= 11 is 0. The quantitative estimate of drug-likeness (QED) is 0.891. The Morgan fingerprint density at radius 1 is 1.26 bits per heavy atom. The topological polar surface area (TPSA) is 49.8 Å². The lowest BCUT2D eigenvalue weighted by atomic mass is 10.1. The zero-order valence-electron chi connectivity index (χ0n) is 13.2. The molecule has 1 amide bonds. The largest absolute Gasteiger partial charge is 0.489 e. The van der Waals surface area contributed by atoms with Crippen molar-refractivity contribution < 1.29 is 19.0 Å². The Morgan fingerprint density at radius 3 is 2.70 bits per heavy atom. The number of rotatable bonds is 6. The van der Waals surface area contributed by atoms with Crippen LogP contribution in [0.1, 0.15) is 22.8 Å². The molecule has 23 heavy (non-hydrogen) atoms. The number of ether oxygens (including phenoxy) is 1. The van der Waals surface area contributed by atoms with Crippen LogP contribution in [0.5, 0.6) is 5.75 Å². The highest BCUT2D eigenvalue weighted by atomic mass is 19.1. The van der Waals surface area contributed by atoms with Gasteiger partial charge in [0, 0.05) is 18.7 Å². The van der Waals surface area contributed by atoms with Crippen molar-refractivity contribution >= 4 is 5.91 Å². The summed E-state index contributed by atoms with van der Waals surface area (Å²) in [5.41, 5.74) is 1.33. The van der Waals surface area contributed by atoms with Crippen LogP contribution in [0.25, 0.3) is 0 Å². The number of aliphatic hydroxyl groups is 1. The van der Waals surface area contributed by atoms with Crippen LogP contribution in [0.4, 0.5) is 4.39 Å². The average molecular weight is 317 g/mol. The van der Waals surface area contributed by atoms with E-state index < -0.39 is 0 Å². The lowest BCUT2D eigenvalue weighted by Crippen LogP contribution is -2.37. The SMILES string of the molecule is CC(CO)N(C)C(=O)c1cccc(COc2cccc(F)c2)c1. The van der Waals surface area contributed by atoms with Crippen molar-refractivity contribution in [2.24, 2.45) is 0 Å². The van der Waals surface area contributed by atoms with Crippen LogP contribution < -0.4 is 4.74 Å². The molecule has 0 heterocycles. The molecule has 1 atom stereocenters. The molecule has 5 heteroatoms. The van der Waals surface area contributed by atoms with Crippen molar-refractivity contribution in [1.82, 2.24) is 4.90 Å². The van der Waals surface area contributed by atoms with E-state index in [9.17, 15) is 9.18 Å². The summed E-state index contributed by atoms with van der Waals surface area (Å²) in [6, 6.07) is 12.7. The number of aliphatic hydroxyl groups excluding tert-OH is 1. The molecule has 0 saturated heterocycles. The standard InChI is InChI=1S/C18H20FNO3/c1-13(11-21)20(2)18(22)15-6-3-5-14(9-15)12-23-17-8-4-7-16(19)10-17/h3-10,13,21H,11-12H2,1-2H3. The van der Waals surface area contributed by atoms with Gasteiger partial charge in [0.05, 0.1) is 12.6 Å². The molecule has 0 aromatic heterocycles. The zero-order chi connectivity index (χ0) is 16.8. The predicted octanol–water partition coefficient (Wildman–Crippen LogP) is 2.86. The lowest BCUT2D eigenvalue weighted by Gasteiger charge is -2.23. The molecule has 0 aliphatic heterocycles. The predicted molar refractivity (Wildman–Crippen MR) is 85.8 cm³/mol. The van der Waals surface area contributed by atoms with Crippen molar-refractivity contribution in [3.05, 3.63) is 65.5 Å². The van der Waals surface area contributed by atoms with Crippen LogP contribution >= 0.6 is 0 Å². The molecule has 0 spiro atoms. The van der Waals surface area contributed by atoms with Crippen LogP contribution in [-0.2, 0) is 6.61 Å². The van der Waals surface area contributed by atoms with Gasteiger partial charge in [-0.15, -0.1) is 0 Å². The number of hydrogen-bond donors (Lipinski definition) is 1. The number of hydrogen-bond acceptors (Lipinski definition) is 3. The second kappa shape index (κ2) is 7.74. The molecule has 0 saturated carbocycles. The van der Waals surface area contributed by atoms with E-state index in [-0.39, 0.29) is 31.0 Å². The highest BCUT2D eigenvalue weighted by Gasteiger charge is 2.16. The highest BCUT2D eigenvalue weighted by Crippen LogP contribution is 2.15. The molecule has 0 fully saturated rings. The summed E-state index contributed by atoms with van der Waals surface area (Å²) in [4.78, 5) is 13.8. The van der Waals surface area contributed by atoms with Gasteiger partial charge in [-0.25, -0.2) is 4.39 Å². The third-order valence-corrected chi connectivity index (χ3v) is 3.62. The van der Waals surface area contributed by atoms with Crippen molar-refractivity contribution in [3.63, 3.8) is 0 Å². The zero-order valence-corrected chi connectivity index (χ0v) is 13.2. The molecule has 4 nitrogen and oxygen atoms in total. The van der Waals surface area contributed by atoms with E-state index in [0.717, 1.165) is 5.56 Å². The second-order valence-electron chi connectivity index (χ2n) is 5.39. The number of halogens is 1. The van der Waals surface area contributed by atoms with Crippen LogP contribution in [0, 0.1) is 5.82 Å². The number of carbonyl (C=O) groups is 1. The smallest absolute Gasteiger partial charge is 0.253 e. The van der Waals surface area contributed by atoms with Crippen molar-refractivity contribution in [2.75, 3.05) is 13.7 Å². The van der Waals surface area contributed by atoms with Gasteiger partial charge in [0.1, 0.15) is 18.2 Å². The molecule has 1 N–H and O–H groups in total. The van der Waals surface area contributed by atoms with Gasteiger partial charge in [0.2, 0.25) is 0 Å². The molecule has 0 aliphatic rings. The lowest BCUT2D eigenvalue weighted by molar-refractivity contribution is 0.0682. The van der Waals surface area contributed by atoms with Crippen molar-refractivity contribution in [3.8, 4) is 5.75 Å². The van der Waals surface area contributed by atoms with Gasteiger partial charge in [-0.1, -0.05) is 18.2 Å². The third kappa shape index (κ3) is 4.53. The third-order valence-electron chi connectivity index (χ3n) is 3.62. The van der Waals surface area contributed by atoms with E-state index in [1.165, 1.54) is 17.0 Å². The Labute approximate surface area is 135 Å². The van der Waals surface area contributed by atoms with Crippen LogP contribution in [0.15, 0.2) is 48.5 Å². The van der Waals surface area contributed by atoms with E-state index in [2.05, 4.69) is 0 Å². The van der Waals surface area contributed by atoms with Crippen molar-refractivity contribution in [2.45, 2.75) is 19.6 Å². The molecule has 2 rings (SSSR count). The number of benzene rings is 2. The fourth-order valence-electron chi connectivity index (χ4n) is 2.04. The summed E-state index contributed by atoms with van der Waals surface area (Å²) in [6.07, 6.45) is 0. The van der Waals surface area contributed by atoms with Gasteiger partial charge in [-0.05, 0) is 36.8 Å². The van der Waals surface area contributed by atoms with Gasteiger partial charge >= 0.3 is 0 Å². The normalized spacial score (nSPS) is 11.8. The van der Waals surface area contributed by atoms with Gasteiger partial charge in [0.25, 0.3) is 5.91 Å². The summed E-state index contributed by atoms with van der Waals surface area (Å²) < 4.78 is 18.6. The molecular weight excluding hydrogens is 297 g/mol. The fraction of sp³-hybridized carbons (Fsp3) is 0.278. The van der Waals surface area contributed by atoms with Gasteiger partial charge in [0.15, 0.2) is 0 Å². The van der Waals surface area contributed by atoms with Gasteiger partial charge in [-0.3, -0.25) is 4.79 Å². The Balaban J connectivity index is 2.06. The minimum atomic E-state index is -0.356. The van der Waals surface area contributed by atoms with Gasteiger partial charge in [-0.2, -0.15) is 0 Å². The van der Waals surface area contributed by atoms with E-state index in [4.69, 9.17) is 9.84 Å². The minimum absolute atomic E-state index is 0.0926. The first-order valence-electron chi connectivity index (χ1n) is 7.36. The molecule has 0 bridgehead atoms. The van der Waals surface area contributed by atoms with E-state index in [1.807, 2.05) is 6.07 Å². The first-order valence-corrected chi connectivity index (χ1v) is 7.36. The first kappa shape index (κ1) is 17.0.